The summed E-state index contributed by atoms with van der Waals surface area (Å²) in [7, 11) is 0. The van der Waals surface area contributed by atoms with E-state index in [0.29, 0.717) is 18.1 Å². The van der Waals surface area contributed by atoms with Gasteiger partial charge in [-0.15, -0.1) is 0 Å². The lowest BCUT2D eigenvalue weighted by Crippen LogP contribution is -2.04. The Morgan fingerprint density at radius 1 is 1.67 bits per heavy atom. The Kier molecular flexibility index (Phi) is 2.09. The molecule has 2 heteroatoms. The molecule has 0 aliphatic carbocycles. The summed E-state index contributed by atoms with van der Waals surface area (Å²) in [6.45, 7) is 4.38. The molecule has 54 valence electrons. The Balaban J connectivity index is 2.05. The SMILES string of the molecule is CC1O[C@@H]1C[C@H](C)CO. The largest absolute Gasteiger partial charge is 0.396 e. The van der Waals surface area contributed by atoms with Gasteiger partial charge in [0.2, 0.25) is 0 Å². The summed E-state index contributed by atoms with van der Waals surface area (Å²) in [4.78, 5) is 0. The van der Waals surface area contributed by atoms with Crippen LogP contribution in [0.15, 0.2) is 0 Å². The minimum absolute atomic E-state index is 0.284. The van der Waals surface area contributed by atoms with Crippen molar-refractivity contribution in [1.82, 2.24) is 0 Å². The zero-order valence-electron chi connectivity index (χ0n) is 6.00. The molecule has 1 rings (SSSR count). The van der Waals surface area contributed by atoms with E-state index >= 15 is 0 Å². The second-order valence-electron chi connectivity index (χ2n) is 2.90. The number of epoxide rings is 1. The fourth-order valence-electron chi connectivity index (χ4n) is 0.949. The second kappa shape index (κ2) is 2.67. The van der Waals surface area contributed by atoms with E-state index in [1.165, 1.54) is 0 Å². The van der Waals surface area contributed by atoms with Crippen LogP contribution in [0.5, 0.6) is 0 Å². The fourth-order valence-corrected chi connectivity index (χ4v) is 0.949. The molecule has 0 radical (unpaired) electrons. The Labute approximate surface area is 55.8 Å². The lowest BCUT2D eigenvalue weighted by Gasteiger charge is -2.02. The molecule has 1 heterocycles. The van der Waals surface area contributed by atoms with Crippen molar-refractivity contribution in [1.29, 1.82) is 0 Å². The first-order chi connectivity index (χ1) is 4.24. The highest BCUT2D eigenvalue weighted by Crippen LogP contribution is 2.27. The molecule has 1 saturated heterocycles. The van der Waals surface area contributed by atoms with Gasteiger partial charge in [0.25, 0.3) is 0 Å². The normalized spacial score (nSPS) is 36.3. The van der Waals surface area contributed by atoms with Gasteiger partial charge in [-0.2, -0.15) is 0 Å². The molecule has 1 unspecified atom stereocenters. The van der Waals surface area contributed by atoms with Crippen LogP contribution in [0.25, 0.3) is 0 Å². The smallest absolute Gasteiger partial charge is 0.0842 e. The Hall–Kier alpha value is -0.0800. The third-order valence-corrected chi connectivity index (χ3v) is 1.78. The van der Waals surface area contributed by atoms with Gasteiger partial charge in [-0.3, -0.25) is 0 Å². The highest BCUT2D eigenvalue weighted by atomic mass is 16.6. The van der Waals surface area contributed by atoms with E-state index < -0.39 is 0 Å². The molecule has 1 aliphatic rings. The van der Waals surface area contributed by atoms with Crippen molar-refractivity contribution in [2.24, 2.45) is 5.92 Å². The highest BCUT2D eigenvalue weighted by Gasteiger charge is 2.34. The molecular formula is C7H14O2. The van der Waals surface area contributed by atoms with E-state index in [0.717, 1.165) is 6.42 Å². The summed E-state index contributed by atoms with van der Waals surface area (Å²) in [6.07, 6.45) is 1.89. The molecule has 1 aliphatic heterocycles. The number of hydrogen-bond donors (Lipinski definition) is 1. The first-order valence-electron chi connectivity index (χ1n) is 3.50. The molecule has 0 aromatic rings. The van der Waals surface area contributed by atoms with Crippen molar-refractivity contribution in [2.45, 2.75) is 32.5 Å². The molecule has 0 aromatic heterocycles. The van der Waals surface area contributed by atoms with Gasteiger partial charge >= 0.3 is 0 Å². The maximum Gasteiger partial charge on any atom is 0.0842 e. The van der Waals surface area contributed by atoms with Crippen LogP contribution in [-0.2, 0) is 4.74 Å². The van der Waals surface area contributed by atoms with Gasteiger partial charge in [-0.25, -0.2) is 0 Å². The standard InChI is InChI=1S/C7H14O2/c1-5(4-8)3-7-6(2)9-7/h5-8H,3-4H2,1-2H3/t5-,6?,7+/m0/s1. The van der Waals surface area contributed by atoms with Crippen LogP contribution in [0, 0.1) is 5.92 Å². The molecule has 1 fully saturated rings. The van der Waals surface area contributed by atoms with E-state index in [2.05, 4.69) is 6.92 Å². The van der Waals surface area contributed by atoms with Gasteiger partial charge in [-0.05, 0) is 19.3 Å². The number of rotatable bonds is 3. The van der Waals surface area contributed by atoms with Crippen molar-refractivity contribution in [3.05, 3.63) is 0 Å². The second-order valence-corrected chi connectivity index (χ2v) is 2.90. The predicted molar refractivity (Wildman–Crippen MR) is 35.2 cm³/mol. The highest BCUT2D eigenvalue weighted by molar-refractivity contribution is 4.81. The zero-order chi connectivity index (χ0) is 6.85. The van der Waals surface area contributed by atoms with Gasteiger partial charge in [0.1, 0.15) is 0 Å². The molecule has 1 N–H and O–H groups in total. The van der Waals surface area contributed by atoms with Gasteiger partial charge in [0.05, 0.1) is 12.2 Å². The summed E-state index contributed by atoms with van der Waals surface area (Å²) in [6, 6.07) is 0. The summed E-state index contributed by atoms with van der Waals surface area (Å²) >= 11 is 0. The minimum Gasteiger partial charge on any atom is -0.396 e. The van der Waals surface area contributed by atoms with Gasteiger partial charge < -0.3 is 9.84 Å². The first kappa shape index (κ1) is 7.03. The maximum absolute atomic E-state index is 8.64. The first-order valence-corrected chi connectivity index (χ1v) is 3.50. The molecule has 0 saturated carbocycles. The molecule has 3 atom stereocenters. The van der Waals surface area contributed by atoms with Crippen molar-refractivity contribution >= 4 is 0 Å². The van der Waals surface area contributed by atoms with Crippen molar-refractivity contribution in [3.63, 3.8) is 0 Å². The Bertz CT molecular complexity index is 90.9. The average molecular weight is 130 g/mol. The third kappa shape index (κ3) is 1.95. The summed E-state index contributed by atoms with van der Waals surface area (Å²) in [5, 5.41) is 8.64. The number of ether oxygens (including phenoxy) is 1. The van der Waals surface area contributed by atoms with Crippen LogP contribution in [-0.4, -0.2) is 23.9 Å². The van der Waals surface area contributed by atoms with E-state index in [1.54, 1.807) is 0 Å². The van der Waals surface area contributed by atoms with Crippen molar-refractivity contribution in [3.8, 4) is 0 Å². The minimum atomic E-state index is 0.284. The van der Waals surface area contributed by atoms with Crippen LogP contribution in [0.2, 0.25) is 0 Å². The van der Waals surface area contributed by atoms with Gasteiger partial charge in [0, 0.05) is 6.61 Å². The van der Waals surface area contributed by atoms with E-state index in [1.807, 2.05) is 6.92 Å². The van der Waals surface area contributed by atoms with Gasteiger partial charge in [0.15, 0.2) is 0 Å². The molecule has 2 nitrogen and oxygen atoms in total. The topological polar surface area (TPSA) is 32.8 Å². The predicted octanol–water partition coefficient (Wildman–Crippen LogP) is 0.792. The lowest BCUT2D eigenvalue weighted by atomic mass is 10.1. The van der Waals surface area contributed by atoms with E-state index in [-0.39, 0.29) is 6.61 Å². The lowest BCUT2D eigenvalue weighted by molar-refractivity contribution is 0.218. The van der Waals surface area contributed by atoms with E-state index in [9.17, 15) is 0 Å². The fraction of sp³-hybridized carbons (Fsp3) is 1.00. The summed E-state index contributed by atoms with van der Waals surface area (Å²) < 4.78 is 5.18. The number of aliphatic hydroxyl groups is 1. The molecule has 0 spiro atoms. The Morgan fingerprint density at radius 2 is 2.22 bits per heavy atom. The zero-order valence-corrected chi connectivity index (χ0v) is 6.00. The van der Waals surface area contributed by atoms with Crippen LogP contribution >= 0.6 is 0 Å². The molecule has 0 bridgehead atoms. The average Bonchev–Trinajstić information content (AvgIpc) is 2.47. The molecular weight excluding hydrogens is 116 g/mol. The van der Waals surface area contributed by atoms with Gasteiger partial charge in [-0.1, -0.05) is 6.92 Å². The van der Waals surface area contributed by atoms with Crippen LogP contribution < -0.4 is 0 Å². The van der Waals surface area contributed by atoms with Crippen molar-refractivity contribution in [2.75, 3.05) is 6.61 Å². The molecule has 0 amide bonds. The summed E-state index contributed by atoms with van der Waals surface area (Å²) in [5.41, 5.74) is 0. The quantitative estimate of drug-likeness (QED) is 0.573. The molecule has 9 heavy (non-hydrogen) atoms. The number of aliphatic hydroxyl groups excluding tert-OH is 1. The maximum atomic E-state index is 8.64. The third-order valence-electron chi connectivity index (χ3n) is 1.78. The molecule has 0 aromatic carbocycles. The summed E-state index contributed by atoms with van der Waals surface area (Å²) in [5.74, 6) is 0.403. The number of hydrogen-bond acceptors (Lipinski definition) is 2. The van der Waals surface area contributed by atoms with Crippen LogP contribution in [0.4, 0.5) is 0 Å². The van der Waals surface area contributed by atoms with Crippen molar-refractivity contribution < 1.29 is 9.84 Å². The van der Waals surface area contributed by atoms with Crippen LogP contribution in [0.1, 0.15) is 20.3 Å². The van der Waals surface area contributed by atoms with E-state index in [4.69, 9.17) is 9.84 Å². The monoisotopic (exact) mass is 130 g/mol. The Morgan fingerprint density at radius 3 is 2.56 bits per heavy atom. The van der Waals surface area contributed by atoms with Crippen LogP contribution in [0.3, 0.4) is 0 Å².